The molecule has 8 heteroatoms. The fraction of sp³-hybridized carbons (Fsp3) is 0.450. The van der Waals surface area contributed by atoms with Crippen LogP contribution in [0.5, 0.6) is 0 Å². The van der Waals surface area contributed by atoms with E-state index in [1.165, 1.54) is 7.11 Å². The minimum Gasteiger partial charge on any atom is -0.465 e. The number of carbonyl (C=O) groups excluding carboxylic acids is 2. The van der Waals surface area contributed by atoms with Crippen LogP contribution in [0.1, 0.15) is 55.4 Å². The van der Waals surface area contributed by atoms with Gasteiger partial charge in [-0.15, -0.1) is 0 Å². The third-order valence-corrected chi connectivity index (χ3v) is 4.68. The van der Waals surface area contributed by atoms with Gasteiger partial charge in [0.15, 0.2) is 5.76 Å². The molecule has 1 aromatic heterocycles. The molecule has 0 saturated heterocycles. The summed E-state index contributed by atoms with van der Waals surface area (Å²) in [5.41, 5.74) is 0.795. The highest BCUT2D eigenvalue weighted by Crippen LogP contribution is 2.50. The molecule has 0 bridgehead atoms. The number of carbonyl (C=O) groups is 2. The van der Waals surface area contributed by atoms with E-state index in [-0.39, 0.29) is 0 Å². The molecule has 1 heterocycles. The summed E-state index contributed by atoms with van der Waals surface area (Å²) >= 11 is 6.07. The molecule has 150 valence electrons. The lowest BCUT2D eigenvalue weighted by Gasteiger charge is -2.23. The van der Waals surface area contributed by atoms with Gasteiger partial charge in [0.25, 0.3) is 0 Å². The second kappa shape index (κ2) is 7.13. The number of halogens is 1. The van der Waals surface area contributed by atoms with Crippen molar-refractivity contribution in [2.75, 3.05) is 7.11 Å². The maximum Gasteiger partial charge on any atom is 0.408 e. The molecule has 2 aromatic rings. The fourth-order valence-corrected chi connectivity index (χ4v) is 3.23. The average molecular weight is 407 g/mol. The van der Waals surface area contributed by atoms with E-state index in [1.807, 2.05) is 0 Å². The van der Waals surface area contributed by atoms with E-state index in [0.717, 1.165) is 0 Å². The number of nitrogens with zero attached hydrogens (tertiary/aromatic N) is 1. The van der Waals surface area contributed by atoms with Gasteiger partial charge in [-0.2, -0.15) is 0 Å². The number of rotatable bonds is 4. The van der Waals surface area contributed by atoms with Crippen molar-refractivity contribution in [3.05, 3.63) is 40.2 Å². The molecule has 3 rings (SSSR count). The first-order chi connectivity index (χ1) is 13.1. The summed E-state index contributed by atoms with van der Waals surface area (Å²) in [5.74, 6) is -0.0302. The minimum atomic E-state index is -0.716. The zero-order valence-electron chi connectivity index (χ0n) is 16.5. The summed E-state index contributed by atoms with van der Waals surface area (Å²) in [6, 6.07) is 4.95. The van der Waals surface area contributed by atoms with Gasteiger partial charge in [-0.1, -0.05) is 22.8 Å². The number of aryl methyl sites for hydroxylation is 1. The average Bonchev–Trinajstić information content (AvgIpc) is 3.26. The van der Waals surface area contributed by atoms with Crippen molar-refractivity contribution < 1.29 is 23.6 Å². The Labute approximate surface area is 168 Å². The Morgan fingerprint density at radius 2 is 1.96 bits per heavy atom. The number of ether oxygens (including phenoxy) is 2. The quantitative estimate of drug-likeness (QED) is 0.746. The molecule has 0 radical (unpaired) electrons. The summed E-state index contributed by atoms with van der Waals surface area (Å²) in [7, 11) is 1.31. The maximum atomic E-state index is 12.3. The van der Waals surface area contributed by atoms with Gasteiger partial charge in [0, 0.05) is 10.6 Å². The number of hydrogen-bond acceptors (Lipinski definition) is 6. The minimum absolute atomic E-state index is 0.301. The lowest BCUT2D eigenvalue weighted by molar-refractivity contribution is 0.0484. The topological polar surface area (TPSA) is 90.7 Å². The van der Waals surface area contributed by atoms with Gasteiger partial charge in [-0.05, 0) is 52.7 Å². The summed E-state index contributed by atoms with van der Waals surface area (Å²) < 4.78 is 15.9. The first kappa shape index (κ1) is 20.2. The molecule has 1 aliphatic rings. The van der Waals surface area contributed by atoms with Gasteiger partial charge in [0.1, 0.15) is 11.1 Å². The summed E-state index contributed by atoms with van der Waals surface area (Å²) in [6.45, 7) is 7.17. The van der Waals surface area contributed by atoms with E-state index in [0.29, 0.717) is 46.0 Å². The Hall–Kier alpha value is -2.54. The van der Waals surface area contributed by atoms with Crippen molar-refractivity contribution in [2.45, 2.75) is 51.7 Å². The SMILES string of the molecule is COC(=O)c1cc(Cl)ccc1-c1c(C)noc1C1(NC(=O)OC(C)(C)C)CC1. The van der Waals surface area contributed by atoms with Crippen LogP contribution in [0.2, 0.25) is 5.02 Å². The molecule has 0 unspecified atom stereocenters. The number of aromatic nitrogens is 1. The Morgan fingerprint density at radius 3 is 2.54 bits per heavy atom. The summed E-state index contributed by atoms with van der Waals surface area (Å²) in [4.78, 5) is 24.6. The standard InChI is InChI=1S/C20H23ClN2O5/c1-11-15(13-7-6-12(21)10-14(13)17(24)26-5)16(28-23-11)20(8-9-20)22-18(25)27-19(2,3)4/h6-7,10H,8-9H2,1-5H3,(H,22,25). The molecule has 1 aliphatic carbocycles. The Bertz CT molecular complexity index is 925. The van der Waals surface area contributed by atoms with Gasteiger partial charge < -0.3 is 19.3 Å². The van der Waals surface area contributed by atoms with Crippen molar-refractivity contribution in [1.29, 1.82) is 0 Å². The van der Waals surface area contributed by atoms with E-state index in [4.69, 9.17) is 25.6 Å². The van der Waals surface area contributed by atoms with E-state index in [1.54, 1.807) is 45.9 Å². The van der Waals surface area contributed by atoms with Gasteiger partial charge in [0.05, 0.1) is 23.9 Å². The van der Waals surface area contributed by atoms with Crippen LogP contribution >= 0.6 is 11.6 Å². The molecule has 7 nitrogen and oxygen atoms in total. The molecular formula is C20H23ClN2O5. The van der Waals surface area contributed by atoms with Gasteiger partial charge in [-0.3, -0.25) is 0 Å². The second-order valence-electron chi connectivity index (χ2n) is 7.86. The Balaban J connectivity index is 2.03. The zero-order chi connectivity index (χ0) is 20.7. The molecule has 1 saturated carbocycles. The van der Waals surface area contributed by atoms with Crippen molar-refractivity contribution in [3.8, 4) is 11.1 Å². The highest BCUT2D eigenvalue weighted by molar-refractivity contribution is 6.31. The number of esters is 1. The summed E-state index contributed by atoms with van der Waals surface area (Å²) in [6.07, 6.45) is 0.818. The predicted octanol–water partition coefficient (Wildman–Crippen LogP) is 4.60. The van der Waals surface area contributed by atoms with E-state index in [9.17, 15) is 9.59 Å². The largest absolute Gasteiger partial charge is 0.465 e. The number of amides is 1. The monoisotopic (exact) mass is 406 g/mol. The van der Waals surface area contributed by atoms with Gasteiger partial charge in [-0.25, -0.2) is 9.59 Å². The van der Waals surface area contributed by atoms with Crippen molar-refractivity contribution >= 4 is 23.7 Å². The van der Waals surface area contributed by atoms with E-state index < -0.39 is 23.2 Å². The third kappa shape index (κ3) is 3.99. The van der Waals surface area contributed by atoms with Crippen molar-refractivity contribution in [2.24, 2.45) is 0 Å². The molecule has 0 spiro atoms. The van der Waals surface area contributed by atoms with Crippen LogP contribution in [0.4, 0.5) is 4.79 Å². The zero-order valence-corrected chi connectivity index (χ0v) is 17.3. The van der Waals surface area contributed by atoms with E-state index in [2.05, 4.69) is 10.5 Å². The molecule has 0 aliphatic heterocycles. The van der Waals surface area contributed by atoms with Crippen molar-refractivity contribution in [3.63, 3.8) is 0 Å². The van der Waals surface area contributed by atoms with Crippen LogP contribution in [0.3, 0.4) is 0 Å². The van der Waals surface area contributed by atoms with Crippen LogP contribution in [-0.2, 0) is 15.0 Å². The molecular weight excluding hydrogens is 384 g/mol. The van der Waals surface area contributed by atoms with Crippen LogP contribution in [0, 0.1) is 6.92 Å². The third-order valence-electron chi connectivity index (χ3n) is 4.44. The molecule has 1 amide bonds. The summed E-state index contributed by atoms with van der Waals surface area (Å²) in [5, 5.41) is 7.39. The van der Waals surface area contributed by atoms with Gasteiger partial charge in [0.2, 0.25) is 0 Å². The van der Waals surface area contributed by atoms with Crippen molar-refractivity contribution in [1.82, 2.24) is 10.5 Å². The number of methoxy groups -OCH3 is 1. The Morgan fingerprint density at radius 1 is 1.29 bits per heavy atom. The fourth-order valence-electron chi connectivity index (χ4n) is 3.06. The van der Waals surface area contributed by atoms with Crippen LogP contribution in [0.25, 0.3) is 11.1 Å². The molecule has 1 N–H and O–H groups in total. The number of nitrogens with one attached hydrogen (secondary N) is 1. The van der Waals surface area contributed by atoms with Crippen LogP contribution < -0.4 is 5.32 Å². The molecule has 1 aromatic carbocycles. The molecule has 28 heavy (non-hydrogen) atoms. The van der Waals surface area contributed by atoms with Crippen LogP contribution in [-0.4, -0.2) is 29.9 Å². The highest BCUT2D eigenvalue weighted by Gasteiger charge is 2.52. The number of alkyl carbamates (subject to hydrolysis) is 1. The lowest BCUT2D eigenvalue weighted by Crippen LogP contribution is -2.39. The molecule has 1 fully saturated rings. The van der Waals surface area contributed by atoms with Crippen LogP contribution in [0.15, 0.2) is 22.7 Å². The maximum absolute atomic E-state index is 12.3. The second-order valence-corrected chi connectivity index (χ2v) is 8.30. The highest BCUT2D eigenvalue weighted by atomic mass is 35.5. The first-order valence-corrected chi connectivity index (χ1v) is 9.30. The molecule has 0 atom stereocenters. The Kier molecular flexibility index (Phi) is 5.14. The first-order valence-electron chi connectivity index (χ1n) is 8.92. The predicted molar refractivity (Wildman–Crippen MR) is 103 cm³/mol. The number of hydrogen-bond donors (Lipinski definition) is 1. The van der Waals surface area contributed by atoms with Gasteiger partial charge >= 0.3 is 12.1 Å². The lowest BCUT2D eigenvalue weighted by atomic mass is 9.95. The normalized spacial score (nSPS) is 15.1. The number of benzene rings is 1. The van der Waals surface area contributed by atoms with E-state index >= 15 is 0 Å². The smallest absolute Gasteiger partial charge is 0.408 e.